The Morgan fingerprint density at radius 1 is 1.05 bits per heavy atom. The summed E-state index contributed by atoms with van der Waals surface area (Å²) in [5, 5.41) is 3.14. The Balaban J connectivity index is 1.86. The quantitative estimate of drug-likeness (QED) is 0.854. The molecule has 0 amide bonds. The fraction of sp³-hybridized carbons (Fsp3) is 0.294. The van der Waals surface area contributed by atoms with Crippen LogP contribution >= 0.6 is 15.9 Å². The van der Waals surface area contributed by atoms with Crippen LogP contribution in [0, 0.1) is 0 Å². The van der Waals surface area contributed by atoms with Crippen molar-refractivity contribution in [3.8, 4) is 0 Å². The minimum absolute atomic E-state index is 0.981. The maximum Gasteiger partial charge on any atom is 0.0337 e. The molecule has 2 aromatic rings. The van der Waals surface area contributed by atoms with Gasteiger partial charge in [0.05, 0.1) is 0 Å². The smallest absolute Gasteiger partial charge is 0.0337 e. The lowest BCUT2D eigenvalue weighted by atomic mass is 10.1. The zero-order valence-electron chi connectivity index (χ0n) is 12.1. The van der Waals surface area contributed by atoms with Crippen molar-refractivity contribution in [1.29, 1.82) is 0 Å². The molecule has 0 aliphatic carbocycles. The predicted octanol–water partition coefficient (Wildman–Crippen LogP) is 4.17. The van der Waals surface area contributed by atoms with E-state index < -0.39 is 0 Å². The highest BCUT2D eigenvalue weighted by molar-refractivity contribution is 9.10. The maximum atomic E-state index is 3.60. The van der Waals surface area contributed by atoms with Crippen molar-refractivity contribution in [3.05, 3.63) is 64.1 Å². The van der Waals surface area contributed by atoms with E-state index in [1.54, 1.807) is 0 Å². The summed E-state index contributed by atoms with van der Waals surface area (Å²) in [6.45, 7) is 2.03. The topological polar surface area (TPSA) is 15.3 Å². The van der Waals surface area contributed by atoms with Crippen molar-refractivity contribution < 1.29 is 0 Å². The molecular weight excluding hydrogens is 312 g/mol. The minimum Gasteiger partial charge on any atom is -0.388 e. The summed E-state index contributed by atoms with van der Waals surface area (Å²) in [7, 11) is 4.11. The standard InChI is InChI=1S/C17H21BrN2/c1-19-16-9-7-14(8-10-16)13-20(2)12-11-15-5-3-4-6-17(15)18/h3-10,19H,11-13H2,1-2H3. The fourth-order valence-electron chi connectivity index (χ4n) is 2.18. The first-order chi connectivity index (χ1) is 9.69. The third-order valence-corrected chi connectivity index (χ3v) is 4.19. The summed E-state index contributed by atoms with van der Waals surface area (Å²) < 4.78 is 1.20. The van der Waals surface area contributed by atoms with Gasteiger partial charge in [-0.25, -0.2) is 0 Å². The highest BCUT2D eigenvalue weighted by Crippen LogP contribution is 2.17. The SMILES string of the molecule is CNc1ccc(CN(C)CCc2ccccc2Br)cc1. The molecule has 0 aliphatic heterocycles. The van der Waals surface area contributed by atoms with Gasteiger partial charge in [0.1, 0.15) is 0 Å². The maximum absolute atomic E-state index is 3.60. The summed E-state index contributed by atoms with van der Waals surface area (Å²) in [5.74, 6) is 0. The Labute approximate surface area is 129 Å². The normalized spacial score (nSPS) is 10.8. The summed E-state index contributed by atoms with van der Waals surface area (Å²) in [6.07, 6.45) is 1.06. The molecule has 0 bridgehead atoms. The van der Waals surface area contributed by atoms with Crippen LogP contribution in [0.2, 0.25) is 0 Å². The van der Waals surface area contributed by atoms with Gasteiger partial charge in [0, 0.05) is 30.3 Å². The van der Waals surface area contributed by atoms with Crippen LogP contribution in [0.15, 0.2) is 53.0 Å². The fourth-order valence-corrected chi connectivity index (χ4v) is 2.66. The molecule has 0 heterocycles. The predicted molar refractivity (Wildman–Crippen MR) is 90.2 cm³/mol. The lowest BCUT2D eigenvalue weighted by Crippen LogP contribution is -2.20. The summed E-state index contributed by atoms with van der Waals surface area (Å²) in [5.41, 5.74) is 3.87. The van der Waals surface area contributed by atoms with Crippen LogP contribution in [0.3, 0.4) is 0 Å². The van der Waals surface area contributed by atoms with E-state index in [4.69, 9.17) is 0 Å². The van der Waals surface area contributed by atoms with Gasteiger partial charge in [-0.1, -0.05) is 46.3 Å². The van der Waals surface area contributed by atoms with E-state index in [2.05, 4.69) is 81.7 Å². The van der Waals surface area contributed by atoms with Crippen molar-refractivity contribution >= 4 is 21.6 Å². The highest BCUT2D eigenvalue weighted by Gasteiger charge is 2.03. The van der Waals surface area contributed by atoms with Crippen LogP contribution in [0.5, 0.6) is 0 Å². The Morgan fingerprint density at radius 3 is 2.40 bits per heavy atom. The monoisotopic (exact) mass is 332 g/mol. The van der Waals surface area contributed by atoms with Gasteiger partial charge < -0.3 is 10.2 Å². The van der Waals surface area contributed by atoms with Crippen molar-refractivity contribution in [2.75, 3.05) is 26.0 Å². The summed E-state index contributed by atoms with van der Waals surface area (Å²) >= 11 is 3.60. The molecule has 2 nitrogen and oxygen atoms in total. The van der Waals surface area contributed by atoms with Gasteiger partial charge >= 0.3 is 0 Å². The number of benzene rings is 2. The molecule has 1 N–H and O–H groups in total. The highest BCUT2D eigenvalue weighted by atomic mass is 79.9. The van der Waals surface area contributed by atoms with E-state index in [9.17, 15) is 0 Å². The molecule has 0 radical (unpaired) electrons. The number of halogens is 1. The number of hydrogen-bond donors (Lipinski definition) is 1. The van der Waals surface area contributed by atoms with E-state index in [1.807, 2.05) is 7.05 Å². The summed E-state index contributed by atoms with van der Waals surface area (Å²) in [4.78, 5) is 2.35. The van der Waals surface area contributed by atoms with Crippen LogP contribution < -0.4 is 5.32 Å². The first-order valence-electron chi connectivity index (χ1n) is 6.87. The molecule has 0 spiro atoms. The van der Waals surface area contributed by atoms with Gasteiger partial charge in [-0.05, 0) is 42.8 Å². The second-order valence-electron chi connectivity index (χ2n) is 5.03. The zero-order valence-corrected chi connectivity index (χ0v) is 13.7. The Morgan fingerprint density at radius 2 is 1.75 bits per heavy atom. The molecule has 0 saturated heterocycles. The van der Waals surface area contributed by atoms with E-state index in [1.165, 1.54) is 15.6 Å². The van der Waals surface area contributed by atoms with Crippen LogP contribution in [0.1, 0.15) is 11.1 Å². The van der Waals surface area contributed by atoms with E-state index in [-0.39, 0.29) is 0 Å². The van der Waals surface area contributed by atoms with Gasteiger partial charge in [-0.15, -0.1) is 0 Å². The first-order valence-corrected chi connectivity index (χ1v) is 7.67. The van der Waals surface area contributed by atoms with Gasteiger partial charge in [0.2, 0.25) is 0 Å². The third-order valence-electron chi connectivity index (χ3n) is 3.42. The van der Waals surface area contributed by atoms with Crippen molar-refractivity contribution in [2.24, 2.45) is 0 Å². The molecule has 0 atom stereocenters. The van der Waals surface area contributed by atoms with Crippen LogP contribution in [0.4, 0.5) is 5.69 Å². The van der Waals surface area contributed by atoms with Gasteiger partial charge in [0.15, 0.2) is 0 Å². The van der Waals surface area contributed by atoms with Gasteiger partial charge in [-0.3, -0.25) is 0 Å². The molecule has 0 aliphatic rings. The molecule has 2 aromatic carbocycles. The minimum atomic E-state index is 0.981. The number of likely N-dealkylation sites (N-methyl/N-ethyl adjacent to an activating group) is 1. The molecule has 0 fully saturated rings. The Kier molecular flexibility index (Phi) is 5.62. The Bertz CT molecular complexity index is 537. The molecule has 0 saturated carbocycles. The zero-order chi connectivity index (χ0) is 14.4. The molecular formula is C17H21BrN2. The Hall–Kier alpha value is -1.32. The van der Waals surface area contributed by atoms with E-state index in [0.29, 0.717) is 0 Å². The average molecular weight is 333 g/mol. The third kappa shape index (κ3) is 4.36. The first kappa shape index (κ1) is 15.1. The van der Waals surface area contributed by atoms with E-state index >= 15 is 0 Å². The average Bonchev–Trinajstić information content (AvgIpc) is 2.47. The van der Waals surface area contributed by atoms with Crippen LogP contribution in [-0.2, 0) is 13.0 Å². The van der Waals surface area contributed by atoms with Crippen molar-refractivity contribution in [1.82, 2.24) is 4.90 Å². The van der Waals surface area contributed by atoms with Gasteiger partial charge in [-0.2, -0.15) is 0 Å². The van der Waals surface area contributed by atoms with Crippen molar-refractivity contribution in [2.45, 2.75) is 13.0 Å². The molecule has 2 rings (SSSR count). The van der Waals surface area contributed by atoms with Crippen LogP contribution in [0.25, 0.3) is 0 Å². The van der Waals surface area contributed by atoms with Crippen LogP contribution in [-0.4, -0.2) is 25.5 Å². The molecule has 0 aromatic heterocycles. The summed E-state index contributed by atoms with van der Waals surface area (Å²) in [6, 6.07) is 17.0. The number of hydrogen-bond acceptors (Lipinski definition) is 2. The number of rotatable bonds is 6. The molecule has 0 unspecified atom stereocenters. The second kappa shape index (κ2) is 7.46. The van der Waals surface area contributed by atoms with Crippen molar-refractivity contribution in [3.63, 3.8) is 0 Å². The largest absolute Gasteiger partial charge is 0.388 e. The molecule has 20 heavy (non-hydrogen) atoms. The number of nitrogens with one attached hydrogen (secondary N) is 1. The van der Waals surface area contributed by atoms with E-state index in [0.717, 1.165) is 25.2 Å². The lowest BCUT2D eigenvalue weighted by molar-refractivity contribution is 0.331. The number of nitrogens with zero attached hydrogens (tertiary/aromatic N) is 1. The number of anilines is 1. The van der Waals surface area contributed by atoms with Gasteiger partial charge in [0.25, 0.3) is 0 Å². The molecule has 106 valence electrons. The second-order valence-corrected chi connectivity index (χ2v) is 5.88. The lowest BCUT2D eigenvalue weighted by Gasteiger charge is -2.17. The molecule has 3 heteroatoms.